The van der Waals surface area contributed by atoms with E-state index in [2.05, 4.69) is 41.9 Å². The van der Waals surface area contributed by atoms with Crippen LogP contribution in [0.1, 0.15) is 46.2 Å². The predicted molar refractivity (Wildman–Crippen MR) is 162 cm³/mol. The number of amides is 5. The summed E-state index contributed by atoms with van der Waals surface area (Å²) in [5.74, 6) is -1.62. The zero-order valence-corrected chi connectivity index (χ0v) is 25.2. The molecule has 1 aliphatic heterocycles. The number of urea groups is 1. The molecule has 0 unspecified atom stereocenters. The lowest BCUT2D eigenvalue weighted by Gasteiger charge is -2.37. The Morgan fingerprint density at radius 1 is 1.28 bits per heavy atom. The molecule has 0 aromatic carbocycles. The minimum Gasteiger partial charge on any atom is -0.488 e. The topological polar surface area (TPSA) is 241 Å². The van der Waals surface area contributed by atoms with Crippen LogP contribution in [0.3, 0.4) is 0 Å². The van der Waals surface area contributed by atoms with Gasteiger partial charge in [0.2, 0.25) is 17.2 Å². The second-order valence-electron chi connectivity index (χ2n) is 10.1. The van der Waals surface area contributed by atoms with Crippen LogP contribution in [0.5, 0.6) is 5.75 Å². The van der Waals surface area contributed by atoms with Gasteiger partial charge in [-0.1, -0.05) is 25.6 Å². The molecule has 17 heteroatoms. The maximum atomic E-state index is 12.6. The zero-order valence-electron chi connectivity index (χ0n) is 24.4. The molecule has 5 amide bonds. The maximum absolute atomic E-state index is 12.6. The number of aliphatic imine (C=N–C) groups is 1. The SMILES string of the molecule is CCCCOc1c[nH]c(CNC(=O)N[C@H](C)C(=O)NC[C@H]2NC(=O)[C@H]2NC(=O)C(N)=C(C=S)NC=NC(C)(C)O)cc1=O. The van der Waals surface area contributed by atoms with Gasteiger partial charge in [0.05, 0.1) is 31.2 Å². The third-order valence-corrected chi connectivity index (χ3v) is 6.16. The summed E-state index contributed by atoms with van der Waals surface area (Å²) in [4.78, 5) is 68.2. The van der Waals surface area contributed by atoms with Crippen LogP contribution < -0.4 is 47.8 Å². The number of aromatic nitrogens is 1. The van der Waals surface area contributed by atoms with Crippen molar-refractivity contribution in [1.29, 1.82) is 0 Å². The highest BCUT2D eigenvalue weighted by Gasteiger charge is 2.41. The lowest BCUT2D eigenvalue weighted by molar-refractivity contribution is -0.135. The van der Waals surface area contributed by atoms with E-state index in [4.69, 9.17) is 22.7 Å². The van der Waals surface area contributed by atoms with E-state index in [1.165, 1.54) is 33.0 Å². The Bertz CT molecular complexity index is 1310. The highest BCUT2D eigenvalue weighted by Crippen LogP contribution is 2.08. The summed E-state index contributed by atoms with van der Waals surface area (Å²) in [7, 11) is 0. The second-order valence-corrected chi connectivity index (χ2v) is 10.3. The molecule has 1 aromatic heterocycles. The van der Waals surface area contributed by atoms with Gasteiger partial charge in [0.25, 0.3) is 5.91 Å². The fourth-order valence-electron chi connectivity index (χ4n) is 3.45. The average Bonchev–Trinajstić information content (AvgIpc) is 2.94. The molecule has 236 valence electrons. The first-order valence-electron chi connectivity index (χ1n) is 13.5. The lowest BCUT2D eigenvalue weighted by atomic mass is 9.98. The second kappa shape index (κ2) is 16.2. The van der Waals surface area contributed by atoms with Crippen molar-refractivity contribution >= 4 is 47.7 Å². The number of ether oxygens (including phenoxy) is 1. The first kappa shape index (κ1) is 34.7. The van der Waals surface area contributed by atoms with Gasteiger partial charge in [-0.05, 0) is 27.2 Å². The van der Waals surface area contributed by atoms with Gasteiger partial charge >= 0.3 is 6.03 Å². The monoisotopic (exact) mass is 621 g/mol. The summed E-state index contributed by atoms with van der Waals surface area (Å²) in [6, 6.07) is -1.90. The number of carbonyl (C=O) groups excluding carboxylic acids is 4. The number of H-pyrrole nitrogens is 1. The van der Waals surface area contributed by atoms with Crippen molar-refractivity contribution in [1.82, 2.24) is 36.9 Å². The smallest absolute Gasteiger partial charge is 0.315 e. The Labute approximate surface area is 253 Å². The van der Waals surface area contributed by atoms with Gasteiger partial charge in [0.15, 0.2) is 11.5 Å². The third-order valence-electron chi connectivity index (χ3n) is 5.92. The van der Waals surface area contributed by atoms with Gasteiger partial charge in [-0.2, -0.15) is 0 Å². The van der Waals surface area contributed by atoms with E-state index in [1.807, 2.05) is 6.92 Å². The molecule has 0 bridgehead atoms. The third kappa shape index (κ3) is 11.4. The number of hydrogen-bond acceptors (Lipinski definition) is 10. The predicted octanol–water partition coefficient (Wildman–Crippen LogP) is -1.64. The molecule has 43 heavy (non-hydrogen) atoms. The summed E-state index contributed by atoms with van der Waals surface area (Å²) in [6.07, 6.45) is 4.33. The van der Waals surface area contributed by atoms with Crippen LogP contribution in [-0.2, 0) is 20.9 Å². The molecule has 0 spiro atoms. The maximum Gasteiger partial charge on any atom is 0.315 e. The number of aromatic amines is 1. The molecule has 1 aliphatic rings. The summed E-state index contributed by atoms with van der Waals surface area (Å²) >= 11 is 4.86. The average molecular weight is 622 g/mol. The molecule has 0 aliphatic carbocycles. The first-order valence-corrected chi connectivity index (χ1v) is 14.0. The Balaban J connectivity index is 1.81. The van der Waals surface area contributed by atoms with Crippen molar-refractivity contribution in [3.05, 3.63) is 39.6 Å². The lowest BCUT2D eigenvalue weighted by Crippen LogP contribution is -2.72. The van der Waals surface area contributed by atoms with E-state index in [-0.39, 0.29) is 35.7 Å². The Morgan fingerprint density at radius 3 is 2.60 bits per heavy atom. The van der Waals surface area contributed by atoms with Crippen LogP contribution in [0.25, 0.3) is 0 Å². The fraction of sp³-hybridized carbons (Fsp3) is 0.500. The van der Waals surface area contributed by atoms with Crippen molar-refractivity contribution in [3.8, 4) is 5.75 Å². The molecule has 16 nitrogen and oxygen atoms in total. The summed E-state index contributed by atoms with van der Waals surface area (Å²) in [5, 5.41) is 26.0. The Kier molecular flexibility index (Phi) is 13.1. The number of rotatable bonds is 16. The van der Waals surface area contributed by atoms with Crippen LogP contribution in [0.4, 0.5) is 4.79 Å². The van der Waals surface area contributed by atoms with Crippen molar-refractivity contribution < 1.29 is 29.0 Å². The largest absolute Gasteiger partial charge is 0.488 e. The van der Waals surface area contributed by atoms with E-state index in [0.29, 0.717) is 12.3 Å². The van der Waals surface area contributed by atoms with E-state index in [9.17, 15) is 29.1 Å². The molecule has 2 rings (SSSR count). The van der Waals surface area contributed by atoms with Gasteiger partial charge in [-0.3, -0.25) is 19.2 Å². The molecule has 0 radical (unpaired) electrons. The quantitative estimate of drug-likeness (QED) is 0.0255. The van der Waals surface area contributed by atoms with Crippen molar-refractivity contribution in [3.63, 3.8) is 0 Å². The highest BCUT2D eigenvalue weighted by molar-refractivity contribution is 7.79. The number of allylic oxidation sites excluding steroid dienone is 1. The van der Waals surface area contributed by atoms with Gasteiger partial charge in [0.1, 0.15) is 17.8 Å². The minimum atomic E-state index is -1.35. The Hall–Kier alpha value is -4.51. The molecular weight excluding hydrogens is 582 g/mol. The molecule has 2 heterocycles. The number of hydrogen-bond donors (Lipinski definition) is 9. The molecule has 0 saturated carbocycles. The number of nitrogens with one attached hydrogen (secondary N) is 7. The van der Waals surface area contributed by atoms with Crippen LogP contribution in [0.2, 0.25) is 0 Å². The number of unbranched alkanes of at least 4 members (excludes halogenated alkanes) is 1. The molecule has 1 saturated heterocycles. The number of nitrogens with zero attached hydrogens (tertiary/aromatic N) is 1. The number of aliphatic hydroxyl groups is 1. The van der Waals surface area contributed by atoms with Crippen LogP contribution in [-0.4, -0.2) is 82.6 Å². The number of carbonyl (C=O) groups is 4. The van der Waals surface area contributed by atoms with Crippen molar-refractivity contribution in [2.24, 2.45) is 10.7 Å². The number of pyridine rings is 1. The van der Waals surface area contributed by atoms with Crippen LogP contribution in [0, 0.1) is 0 Å². The minimum absolute atomic E-state index is 0.00436. The number of thiocarbonyl (C=S) groups is 1. The van der Waals surface area contributed by atoms with Gasteiger partial charge in [0, 0.05) is 29.9 Å². The first-order chi connectivity index (χ1) is 20.2. The molecule has 3 atom stereocenters. The summed E-state index contributed by atoms with van der Waals surface area (Å²) in [5.41, 5.74) is 4.35. The summed E-state index contributed by atoms with van der Waals surface area (Å²) in [6.45, 7) is 6.75. The molecule has 10 N–H and O–H groups in total. The summed E-state index contributed by atoms with van der Waals surface area (Å²) < 4.78 is 5.41. The molecule has 1 fully saturated rings. The van der Waals surface area contributed by atoms with E-state index >= 15 is 0 Å². The standard InChI is InChI=1S/C26H39N9O7S/c1-5-6-7-42-19-11-28-15(8-18(19)36)9-30-25(40)33-14(2)22(37)29-10-16-21(24(39)34-16)35-23(38)20(27)17(12-43)31-13-32-26(3,4)41/h8,11-14,16,21,41H,5-7,9-10,27H2,1-4H3,(H,28,36)(H,29,37)(H,31,32)(H,34,39)(H,35,38)(H2,30,33,40)/t14-,16-,21+/m1/s1. The molecule has 1 aromatic rings. The normalized spacial score (nSPS) is 17.5. The number of β-lactam (4-membered cyclic amide) rings is 1. The van der Waals surface area contributed by atoms with Crippen LogP contribution >= 0.6 is 12.2 Å². The van der Waals surface area contributed by atoms with E-state index in [1.54, 1.807) is 0 Å². The zero-order chi connectivity index (χ0) is 32.2. The Morgan fingerprint density at radius 2 is 2.00 bits per heavy atom. The van der Waals surface area contributed by atoms with Crippen molar-refractivity contribution in [2.45, 2.75) is 70.9 Å². The van der Waals surface area contributed by atoms with Crippen LogP contribution in [0.15, 0.2) is 33.4 Å². The van der Waals surface area contributed by atoms with Gasteiger partial charge in [-0.15, -0.1) is 0 Å². The van der Waals surface area contributed by atoms with E-state index < -0.39 is 47.6 Å². The van der Waals surface area contributed by atoms with Gasteiger partial charge in [-0.25, -0.2) is 9.79 Å². The number of nitrogens with two attached hydrogens (primary N) is 1. The highest BCUT2D eigenvalue weighted by atomic mass is 32.1. The molecular formula is C26H39N9O7S. The fourth-order valence-corrected chi connectivity index (χ4v) is 3.64. The van der Waals surface area contributed by atoms with Crippen molar-refractivity contribution in [2.75, 3.05) is 13.2 Å². The van der Waals surface area contributed by atoms with Gasteiger partial charge < -0.3 is 52.5 Å². The van der Waals surface area contributed by atoms with E-state index in [0.717, 1.165) is 24.5 Å².